The van der Waals surface area contributed by atoms with Gasteiger partial charge in [-0.15, -0.1) is 0 Å². The summed E-state index contributed by atoms with van der Waals surface area (Å²) in [7, 11) is 0. The van der Waals surface area contributed by atoms with Crippen molar-refractivity contribution in [2.75, 3.05) is 26.2 Å². The first-order chi connectivity index (χ1) is 9.24. The van der Waals surface area contributed by atoms with Crippen molar-refractivity contribution in [2.45, 2.75) is 70.4 Å². The second-order valence-corrected chi connectivity index (χ2v) is 6.50. The van der Waals surface area contributed by atoms with Crippen LogP contribution in [0.4, 0.5) is 0 Å². The van der Waals surface area contributed by atoms with Crippen LogP contribution in [0.5, 0.6) is 0 Å². The lowest BCUT2D eigenvalue weighted by Crippen LogP contribution is -2.59. The third-order valence-electron chi connectivity index (χ3n) is 5.28. The highest BCUT2D eigenvalue weighted by Crippen LogP contribution is 2.35. The van der Waals surface area contributed by atoms with Crippen LogP contribution in [0.3, 0.4) is 0 Å². The van der Waals surface area contributed by atoms with E-state index in [1.807, 2.05) is 0 Å². The van der Waals surface area contributed by atoms with Crippen LogP contribution in [0.1, 0.15) is 58.8 Å². The normalized spacial score (nSPS) is 32.5. The maximum Gasteiger partial charge on any atom is 0.0593 e. The zero-order chi connectivity index (χ0) is 13.7. The molecule has 0 aromatic carbocycles. The van der Waals surface area contributed by atoms with Crippen molar-refractivity contribution in [3.05, 3.63) is 0 Å². The molecule has 1 heterocycles. The summed E-state index contributed by atoms with van der Waals surface area (Å²) in [5, 5.41) is 0. The van der Waals surface area contributed by atoms with Gasteiger partial charge in [-0.05, 0) is 44.6 Å². The van der Waals surface area contributed by atoms with E-state index < -0.39 is 0 Å². The van der Waals surface area contributed by atoms with Crippen molar-refractivity contribution in [3.63, 3.8) is 0 Å². The molecule has 2 unspecified atom stereocenters. The lowest BCUT2D eigenvalue weighted by Gasteiger charge is -2.49. The summed E-state index contributed by atoms with van der Waals surface area (Å²) in [5.74, 6) is 0.927. The largest absolute Gasteiger partial charge is 0.378 e. The molecule has 1 saturated carbocycles. The van der Waals surface area contributed by atoms with Gasteiger partial charge in [-0.3, -0.25) is 4.90 Å². The van der Waals surface area contributed by atoms with Gasteiger partial charge >= 0.3 is 0 Å². The molecule has 2 aliphatic rings. The monoisotopic (exact) mass is 268 g/mol. The molecule has 0 spiro atoms. The fourth-order valence-electron chi connectivity index (χ4n) is 3.75. The minimum Gasteiger partial charge on any atom is -0.378 e. The third-order valence-corrected chi connectivity index (χ3v) is 5.28. The average molecular weight is 268 g/mol. The molecule has 0 amide bonds. The van der Waals surface area contributed by atoms with E-state index in [1.54, 1.807) is 0 Å². The first kappa shape index (κ1) is 15.3. The molecule has 2 N–H and O–H groups in total. The average Bonchev–Trinajstić information content (AvgIpc) is 2.38. The van der Waals surface area contributed by atoms with E-state index in [9.17, 15) is 0 Å². The van der Waals surface area contributed by atoms with Crippen molar-refractivity contribution < 1.29 is 4.74 Å². The Bertz CT molecular complexity index is 265. The van der Waals surface area contributed by atoms with E-state index in [2.05, 4.69) is 18.7 Å². The van der Waals surface area contributed by atoms with Crippen LogP contribution in [0.25, 0.3) is 0 Å². The molecule has 19 heavy (non-hydrogen) atoms. The van der Waals surface area contributed by atoms with E-state index in [-0.39, 0.29) is 5.54 Å². The standard InChI is InChI=1S/C16H32N2O/c1-3-6-15-11-16(13-17,9-10-19-15)18(4-2)12-14-7-5-8-14/h14-15H,3-13,17H2,1-2H3. The SMILES string of the molecule is CCCC1CC(CN)(N(CC)CC2CCC2)CCO1. The van der Waals surface area contributed by atoms with Crippen LogP contribution in [0.15, 0.2) is 0 Å². The molecule has 2 atom stereocenters. The van der Waals surface area contributed by atoms with Gasteiger partial charge in [-0.1, -0.05) is 26.7 Å². The Hall–Kier alpha value is -0.120. The summed E-state index contributed by atoms with van der Waals surface area (Å²) >= 11 is 0. The predicted octanol–water partition coefficient (Wildman–Crippen LogP) is 2.79. The molecule has 0 radical (unpaired) electrons. The Morgan fingerprint density at radius 2 is 2.11 bits per heavy atom. The van der Waals surface area contributed by atoms with Crippen LogP contribution in [-0.4, -0.2) is 42.8 Å². The van der Waals surface area contributed by atoms with Gasteiger partial charge in [0.2, 0.25) is 0 Å². The van der Waals surface area contributed by atoms with Crippen molar-refractivity contribution in [1.29, 1.82) is 0 Å². The number of nitrogens with two attached hydrogens (primary N) is 1. The minimum absolute atomic E-state index is 0.211. The summed E-state index contributed by atoms with van der Waals surface area (Å²) in [4.78, 5) is 2.68. The zero-order valence-electron chi connectivity index (χ0n) is 12.9. The molecule has 2 rings (SSSR count). The van der Waals surface area contributed by atoms with Crippen LogP contribution in [0, 0.1) is 5.92 Å². The van der Waals surface area contributed by atoms with Gasteiger partial charge in [0.15, 0.2) is 0 Å². The number of likely N-dealkylation sites (N-methyl/N-ethyl adjacent to an activating group) is 1. The van der Waals surface area contributed by atoms with E-state index in [1.165, 1.54) is 38.6 Å². The van der Waals surface area contributed by atoms with Gasteiger partial charge in [0.05, 0.1) is 6.10 Å². The molecule has 112 valence electrons. The molecular formula is C16H32N2O. The molecule has 0 bridgehead atoms. The van der Waals surface area contributed by atoms with Gasteiger partial charge in [0.25, 0.3) is 0 Å². The van der Waals surface area contributed by atoms with Crippen molar-refractivity contribution in [1.82, 2.24) is 4.90 Å². The predicted molar refractivity (Wildman–Crippen MR) is 80.3 cm³/mol. The molecule has 1 aliphatic heterocycles. The topological polar surface area (TPSA) is 38.5 Å². The molecule has 0 aromatic heterocycles. The third kappa shape index (κ3) is 3.50. The van der Waals surface area contributed by atoms with E-state index in [0.717, 1.165) is 38.5 Å². The quantitative estimate of drug-likeness (QED) is 0.771. The van der Waals surface area contributed by atoms with Gasteiger partial charge in [0.1, 0.15) is 0 Å². The highest BCUT2D eigenvalue weighted by molar-refractivity contribution is 4.97. The highest BCUT2D eigenvalue weighted by Gasteiger charge is 2.41. The number of hydrogen-bond acceptors (Lipinski definition) is 3. The Balaban J connectivity index is 2.00. The first-order valence-electron chi connectivity index (χ1n) is 8.30. The summed E-state index contributed by atoms with van der Waals surface area (Å²) in [6, 6.07) is 0. The van der Waals surface area contributed by atoms with Crippen molar-refractivity contribution >= 4 is 0 Å². The van der Waals surface area contributed by atoms with Gasteiger partial charge in [0, 0.05) is 25.2 Å². The molecule has 3 nitrogen and oxygen atoms in total. The van der Waals surface area contributed by atoms with E-state index >= 15 is 0 Å². The lowest BCUT2D eigenvalue weighted by atomic mass is 9.80. The Labute approximate surface area is 118 Å². The molecular weight excluding hydrogens is 236 g/mol. The Kier molecular flexibility index (Phi) is 5.67. The van der Waals surface area contributed by atoms with Crippen LogP contribution >= 0.6 is 0 Å². The Morgan fingerprint density at radius 3 is 2.63 bits per heavy atom. The van der Waals surface area contributed by atoms with Crippen LogP contribution < -0.4 is 5.73 Å². The molecule has 0 aromatic rings. The number of hydrogen-bond donors (Lipinski definition) is 1. The first-order valence-corrected chi connectivity index (χ1v) is 8.30. The smallest absolute Gasteiger partial charge is 0.0593 e. The van der Waals surface area contributed by atoms with Gasteiger partial charge < -0.3 is 10.5 Å². The molecule has 1 saturated heterocycles. The maximum absolute atomic E-state index is 6.21. The van der Waals surface area contributed by atoms with E-state index in [4.69, 9.17) is 10.5 Å². The second kappa shape index (κ2) is 7.05. The number of rotatable bonds is 7. The fourth-order valence-corrected chi connectivity index (χ4v) is 3.75. The summed E-state index contributed by atoms with van der Waals surface area (Å²) in [5.41, 5.74) is 6.42. The van der Waals surface area contributed by atoms with Crippen molar-refractivity contribution in [3.8, 4) is 0 Å². The Morgan fingerprint density at radius 1 is 1.32 bits per heavy atom. The molecule has 1 aliphatic carbocycles. The summed E-state index contributed by atoms with van der Waals surface area (Å²) < 4.78 is 5.93. The highest BCUT2D eigenvalue weighted by atomic mass is 16.5. The minimum atomic E-state index is 0.211. The number of nitrogens with zero attached hydrogens (tertiary/aromatic N) is 1. The zero-order valence-corrected chi connectivity index (χ0v) is 12.9. The van der Waals surface area contributed by atoms with Crippen LogP contribution in [0.2, 0.25) is 0 Å². The lowest BCUT2D eigenvalue weighted by molar-refractivity contribution is -0.0786. The summed E-state index contributed by atoms with van der Waals surface area (Å²) in [6.45, 7) is 8.60. The molecule has 3 heteroatoms. The summed E-state index contributed by atoms with van der Waals surface area (Å²) in [6.07, 6.45) is 9.35. The fraction of sp³-hybridized carbons (Fsp3) is 1.00. The second-order valence-electron chi connectivity index (χ2n) is 6.50. The van der Waals surface area contributed by atoms with Crippen LogP contribution in [-0.2, 0) is 4.74 Å². The van der Waals surface area contributed by atoms with Crippen molar-refractivity contribution in [2.24, 2.45) is 11.7 Å². The van der Waals surface area contributed by atoms with Gasteiger partial charge in [-0.2, -0.15) is 0 Å². The van der Waals surface area contributed by atoms with E-state index in [0.29, 0.717) is 6.10 Å². The maximum atomic E-state index is 6.21. The molecule has 2 fully saturated rings. The van der Waals surface area contributed by atoms with Gasteiger partial charge in [-0.25, -0.2) is 0 Å². The number of ether oxygens (including phenoxy) is 1.